The lowest BCUT2D eigenvalue weighted by molar-refractivity contribution is -0.384. The Hall–Kier alpha value is -3.17. The molecule has 0 aliphatic carbocycles. The second-order valence-corrected chi connectivity index (χ2v) is 9.24. The molecule has 2 amide bonds. The van der Waals surface area contributed by atoms with Crippen LogP contribution in [0.25, 0.3) is 11.8 Å². The van der Waals surface area contributed by atoms with E-state index in [1.54, 1.807) is 18.2 Å². The number of rotatable bonds is 5. The van der Waals surface area contributed by atoms with E-state index in [2.05, 4.69) is 15.9 Å². The van der Waals surface area contributed by atoms with Crippen molar-refractivity contribution in [3.05, 3.63) is 96.6 Å². The summed E-state index contributed by atoms with van der Waals surface area (Å²) in [6, 6.07) is 15.7. The van der Waals surface area contributed by atoms with Crippen molar-refractivity contribution < 1.29 is 14.5 Å². The predicted molar refractivity (Wildman–Crippen MR) is 128 cm³/mol. The number of imide groups is 1. The molecule has 0 N–H and O–H groups in total. The van der Waals surface area contributed by atoms with Crippen LogP contribution in [0.4, 0.5) is 10.5 Å². The van der Waals surface area contributed by atoms with Gasteiger partial charge < -0.3 is 4.57 Å². The first kappa shape index (κ1) is 22.0. The minimum absolute atomic E-state index is 0.0240. The van der Waals surface area contributed by atoms with Crippen LogP contribution in [-0.2, 0) is 11.3 Å². The molecule has 2 heterocycles. The molecule has 0 atom stereocenters. The Bertz CT molecular complexity index is 1260. The Labute approximate surface area is 197 Å². The van der Waals surface area contributed by atoms with Crippen LogP contribution in [0.3, 0.4) is 0 Å². The van der Waals surface area contributed by atoms with Gasteiger partial charge >= 0.3 is 0 Å². The summed E-state index contributed by atoms with van der Waals surface area (Å²) in [4.78, 5) is 37.5. The quantitative estimate of drug-likeness (QED) is 0.238. The molecule has 4 rings (SSSR count). The molecule has 0 bridgehead atoms. The van der Waals surface area contributed by atoms with Gasteiger partial charge in [0.1, 0.15) is 0 Å². The van der Waals surface area contributed by atoms with Crippen LogP contribution in [-0.4, -0.2) is 25.5 Å². The summed E-state index contributed by atoms with van der Waals surface area (Å²) >= 11 is 4.31. The van der Waals surface area contributed by atoms with Gasteiger partial charge in [-0.1, -0.05) is 28.1 Å². The number of thioether (sulfide) groups is 1. The number of amides is 2. The first-order valence-electron chi connectivity index (χ1n) is 9.68. The summed E-state index contributed by atoms with van der Waals surface area (Å²) in [5.74, 6) is -0.317. The van der Waals surface area contributed by atoms with Crippen molar-refractivity contribution in [2.75, 3.05) is 0 Å². The van der Waals surface area contributed by atoms with Gasteiger partial charge in [-0.15, -0.1) is 0 Å². The molecule has 0 spiro atoms. The van der Waals surface area contributed by atoms with E-state index >= 15 is 0 Å². The summed E-state index contributed by atoms with van der Waals surface area (Å²) in [7, 11) is 0. The SMILES string of the molecule is Cc1cc(/C=C2\SC(=O)N(Cc3ccc(Br)cc3)C2=O)c(C)n1-c1ccc([N+](=O)[O-])cc1. The maximum Gasteiger partial charge on any atom is 0.293 e. The van der Waals surface area contributed by atoms with E-state index < -0.39 is 4.92 Å². The van der Waals surface area contributed by atoms with Crippen LogP contribution in [0.5, 0.6) is 0 Å². The number of halogens is 1. The van der Waals surface area contributed by atoms with E-state index in [-0.39, 0.29) is 23.4 Å². The van der Waals surface area contributed by atoms with Crippen LogP contribution in [0, 0.1) is 24.0 Å². The van der Waals surface area contributed by atoms with Gasteiger partial charge in [-0.05, 0) is 73.1 Å². The van der Waals surface area contributed by atoms with Crippen molar-refractivity contribution in [2.24, 2.45) is 0 Å². The third kappa shape index (κ3) is 4.26. The number of benzene rings is 2. The molecule has 1 saturated heterocycles. The number of nitrogens with zero attached hydrogens (tertiary/aromatic N) is 3. The molecule has 2 aromatic carbocycles. The van der Waals surface area contributed by atoms with Crippen LogP contribution >= 0.6 is 27.7 Å². The molecule has 1 aliphatic rings. The van der Waals surface area contributed by atoms with E-state index in [4.69, 9.17) is 0 Å². The highest BCUT2D eigenvalue weighted by atomic mass is 79.9. The Balaban J connectivity index is 1.61. The van der Waals surface area contributed by atoms with Gasteiger partial charge in [0.2, 0.25) is 0 Å². The zero-order chi connectivity index (χ0) is 23.0. The topological polar surface area (TPSA) is 85.5 Å². The van der Waals surface area contributed by atoms with E-state index in [1.807, 2.05) is 48.7 Å². The zero-order valence-corrected chi connectivity index (χ0v) is 19.6. The predicted octanol–water partition coefficient (Wildman–Crippen LogP) is 6.00. The van der Waals surface area contributed by atoms with E-state index in [1.165, 1.54) is 17.0 Å². The minimum Gasteiger partial charge on any atom is -0.318 e. The van der Waals surface area contributed by atoms with Gasteiger partial charge in [-0.3, -0.25) is 24.6 Å². The maximum atomic E-state index is 12.9. The summed E-state index contributed by atoms with van der Waals surface area (Å²) in [5, 5.41) is 10.6. The van der Waals surface area contributed by atoms with E-state index in [9.17, 15) is 19.7 Å². The Kier molecular flexibility index (Phi) is 6.03. The van der Waals surface area contributed by atoms with Crippen molar-refractivity contribution in [3.63, 3.8) is 0 Å². The van der Waals surface area contributed by atoms with Gasteiger partial charge in [-0.2, -0.15) is 0 Å². The lowest BCUT2D eigenvalue weighted by Crippen LogP contribution is -2.27. The highest BCUT2D eigenvalue weighted by Crippen LogP contribution is 2.35. The molecule has 0 unspecified atom stereocenters. The first-order valence-corrected chi connectivity index (χ1v) is 11.3. The monoisotopic (exact) mass is 511 g/mol. The Morgan fingerprint density at radius 2 is 1.72 bits per heavy atom. The van der Waals surface area contributed by atoms with Crippen molar-refractivity contribution in [3.8, 4) is 5.69 Å². The normalized spacial score (nSPS) is 15.1. The average molecular weight is 512 g/mol. The van der Waals surface area contributed by atoms with Gasteiger partial charge in [0.25, 0.3) is 16.8 Å². The molecule has 1 fully saturated rings. The van der Waals surface area contributed by atoms with E-state index in [0.29, 0.717) is 4.91 Å². The molecular weight excluding hydrogens is 494 g/mol. The van der Waals surface area contributed by atoms with Gasteiger partial charge in [0, 0.05) is 33.7 Å². The standard InChI is InChI=1S/C23H18BrN3O4S/c1-14-11-17(15(2)26(14)19-7-9-20(10-8-19)27(30)31)12-21-22(28)25(23(29)32-21)13-16-3-5-18(24)6-4-16/h3-12H,13H2,1-2H3/b21-12-. The Morgan fingerprint density at radius 3 is 2.34 bits per heavy atom. The average Bonchev–Trinajstić information content (AvgIpc) is 3.19. The smallest absolute Gasteiger partial charge is 0.293 e. The highest BCUT2D eigenvalue weighted by Gasteiger charge is 2.35. The number of hydrogen-bond acceptors (Lipinski definition) is 5. The largest absolute Gasteiger partial charge is 0.318 e. The third-order valence-corrected chi connectivity index (χ3v) is 6.64. The van der Waals surface area contributed by atoms with Crippen LogP contribution < -0.4 is 0 Å². The van der Waals surface area contributed by atoms with Crippen molar-refractivity contribution in [2.45, 2.75) is 20.4 Å². The number of nitro benzene ring substituents is 1. The molecule has 32 heavy (non-hydrogen) atoms. The number of aromatic nitrogens is 1. The molecule has 162 valence electrons. The molecule has 0 radical (unpaired) electrons. The lowest BCUT2D eigenvalue weighted by atomic mass is 10.2. The number of carbonyl (C=O) groups excluding carboxylic acids is 2. The summed E-state index contributed by atoms with van der Waals surface area (Å²) < 4.78 is 2.89. The fourth-order valence-corrected chi connectivity index (χ4v) is 4.70. The third-order valence-electron chi connectivity index (χ3n) is 5.20. The molecule has 1 aliphatic heterocycles. The molecule has 7 nitrogen and oxygen atoms in total. The fourth-order valence-electron chi connectivity index (χ4n) is 3.60. The molecule has 0 saturated carbocycles. The molecule has 1 aromatic heterocycles. The zero-order valence-electron chi connectivity index (χ0n) is 17.2. The summed E-state index contributed by atoms with van der Waals surface area (Å²) in [5.41, 5.74) is 4.28. The second kappa shape index (κ2) is 8.76. The second-order valence-electron chi connectivity index (χ2n) is 7.33. The van der Waals surface area contributed by atoms with Gasteiger partial charge in [-0.25, -0.2) is 0 Å². The molecule has 9 heteroatoms. The maximum absolute atomic E-state index is 12.9. The van der Waals surface area contributed by atoms with Gasteiger partial charge in [0.05, 0.1) is 16.4 Å². The molecule has 3 aromatic rings. The van der Waals surface area contributed by atoms with Crippen molar-refractivity contribution >= 4 is 50.6 Å². The minimum atomic E-state index is -0.436. The number of hydrogen-bond donors (Lipinski definition) is 0. The van der Waals surface area contributed by atoms with Crippen LogP contribution in [0.2, 0.25) is 0 Å². The number of carbonyl (C=O) groups is 2. The van der Waals surface area contributed by atoms with E-state index in [0.717, 1.165) is 44.4 Å². The summed E-state index contributed by atoms with van der Waals surface area (Å²) in [6.07, 6.45) is 1.73. The van der Waals surface area contributed by atoms with Crippen molar-refractivity contribution in [1.82, 2.24) is 9.47 Å². The van der Waals surface area contributed by atoms with Crippen LogP contribution in [0.15, 0.2) is 64.0 Å². The number of nitro groups is 1. The molecular formula is C23H18BrN3O4S. The highest BCUT2D eigenvalue weighted by molar-refractivity contribution is 9.10. The Morgan fingerprint density at radius 1 is 1.06 bits per heavy atom. The summed E-state index contributed by atoms with van der Waals surface area (Å²) in [6.45, 7) is 4.05. The first-order chi connectivity index (χ1) is 15.2. The number of aryl methyl sites for hydroxylation is 1. The number of non-ortho nitro benzene ring substituents is 1. The van der Waals surface area contributed by atoms with Crippen molar-refractivity contribution in [1.29, 1.82) is 0 Å². The van der Waals surface area contributed by atoms with Gasteiger partial charge in [0.15, 0.2) is 0 Å². The lowest BCUT2D eigenvalue weighted by Gasteiger charge is -2.12. The fraction of sp³-hybridized carbons (Fsp3) is 0.130. The van der Waals surface area contributed by atoms with Crippen LogP contribution in [0.1, 0.15) is 22.5 Å².